The van der Waals surface area contributed by atoms with Gasteiger partial charge in [-0.05, 0) is 48.6 Å². The van der Waals surface area contributed by atoms with E-state index in [0.717, 1.165) is 52.3 Å². The van der Waals surface area contributed by atoms with Crippen LogP contribution in [-0.2, 0) is 12.8 Å². The molecule has 118 valence electrons. The van der Waals surface area contributed by atoms with E-state index in [1.807, 2.05) is 6.07 Å². The van der Waals surface area contributed by atoms with Gasteiger partial charge < -0.3 is 8.83 Å². The second-order valence-corrected chi connectivity index (χ2v) is 6.20. The molecule has 5 rings (SSSR count). The van der Waals surface area contributed by atoms with Crippen molar-refractivity contribution in [1.29, 1.82) is 0 Å². The predicted octanol–water partition coefficient (Wildman–Crippen LogP) is 4.83. The van der Waals surface area contributed by atoms with Crippen LogP contribution in [0.1, 0.15) is 17.5 Å². The van der Waals surface area contributed by atoms with Crippen molar-refractivity contribution >= 4 is 21.9 Å². The summed E-state index contributed by atoms with van der Waals surface area (Å²) in [6.07, 6.45) is 4.32. The lowest BCUT2D eigenvalue weighted by Crippen LogP contribution is -2.06. The lowest BCUT2D eigenvalue weighted by Gasteiger charge is -2.05. The van der Waals surface area contributed by atoms with Crippen LogP contribution in [0.3, 0.4) is 0 Å². The number of furan rings is 1. The van der Waals surface area contributed by atoms with Crippen molar-refractivity contribution in [3.8, 4) is 11.1 Å². The smallest absolute Gasteiger partial charge is 0.339 e. The number of hydrogen-bond acceptors (Lipinski definition) is 3. The first-order valence-electron chi connectivity index (χ1n) is 7.96. The molecular weight excluding hydrogens is 307 g/mol. The van der Waals surface area contributed by atoms with E-state index >= 15 is 0 Å². The fourth-order valence-electron chi connectivity index (χ4n) is 3.66. The van der Waals surface area contributed by atoms with Gasteiger partial charge in [0, 0.05) is 28.0 Å². The number of aryl methyl sites for hydroxylation is 1. The molecule has 3 nitrogen and oxygen atoms in total. The van der Waals surface area contributed by atoms with Crippen LogP contribution < -0.4 is 5.63 Å². The van der Waals surface area contributed by atoms with Crippen molar-refractivity contribution < 1.29 is 13.2 Å². The van der Waals surface area contributed by atoms with Crippen LogP contribution in [-0.4, -0.2) is 0 Å². The Labute approximate surface area is 136 Å². The molecule has 0 fully saturated rings. The molecule has 2 aromatic heterocycles. The molecule has 0 atom stereocenters. The van der Waals surface area contributed by atoms with Gasteiger partial charge in [0.25, 0.3) is 0 Å². The molecule has 2 aromatic carbocycles. The van der Waals surface area contributed by atoms with E-state index in [0.29, 0.717) is 11.2 Å². The largest absolute Gasteiger partial charge is 0.464 e. The van der Waals surface area contributed by atoms with Gasteiger partial charge in [0.1, 0.15) is 17.0 Å². The molecule has 0 saturated heterocycles. The summed E-state index contributed by atoms with van der Waals surface area (Å²) in [6.45, 7) is 0. The third kappa shape index (κ3) is 1.86. The summed E-state index contributed by atoms with van der Waals surface area (Å²) in [5, 5.41) is 1.91. The molecule has 0 aliphatic heterocycles. The molecule has 1 aliphatic rings. The van der Waals surface area contributed by atoms with Gasteiger partial charge in [-0.1, -0.05) is 12.1 Å². The van der Waals surface area contributed by atoms with Gasteiger partial charge >= 0.3 is 5.63 Å². The summed E-state index contributed by atoms with van der Waals surface area (Å²) >= 11 is 0. The van der Waals surface area contributed by atoms with Crippen molar-refractivity contribution in [3.63, 3.8) is 0 Å². The van der Waals surface area contributed by atoms with Gasteiger partial charge in [-0.2, -0.15) is 0 Å². The van der Waals surface area contributed by atoms with Gasteiger partial charge in [-0.15, -0.1) is 0 Å². The van der Waals surface area contributed by atoms with Crippen LogP contribution in [0.25, 0.3) is 33.1 Å². The number of rotatable bonds is 1. The summed E-state index contributed by atoms with van der Waals surface area (Å²) < 4.78 is 24.3. The van der Waals surface area contributed by atoms with Gasteiger partial charge in [0.15, 0.2) is 0 Å². The monoisotopic (exact) mass is 320 g/mol. The average molecular weight is 320 g/mol. The number of hydrogen-bond donors (Lipinski definition) is 0. The summed E-state index contributed by atoms with van der Waals surface area (Å²) in [5.41, 5.74) is 4.67. The SMILES string of the molecule is O=c1oc2cc3occ(-c4ccc(F)cc4)c3cc2c2c1CCC2. The minimum absolute atomic E-state index is 0.236. The second-order valence-electron chi connectivity index (χ2n) is 6.20. The second kappa shape index (κ2) is 4.81. The molecule has 0 saturated carbocycles. The Balaban J connectivity index is 1.83. The van der Waals surface area contributed by atoms with Gasteiger partial charge in [0.05, 0.1) is 6.26 Å². The van der Waals surface area contributed by atoms with Crippen LogP contribution in [0.4, 0.5) is 4.39 Å². The first kappa shape index (κ1) is 13.5. The molecule has 0 unspecified atom stereocenters. The van der Waals surface area contributed by atoms with E-state index in [1.165, 1.54) is 12.1 Å². The molecule has 0 N–H and O–H groups in total. The van der Waals surface area contributed by atoms with E-state index < -0.39 is 0 Å². The summed E-state index contributed by atoms with van der Waals surface area (Å²) in [6, 6.07) is 10.1. The van der Waals surface area contributed by atoms with E-state index in [9.17, 15) is 9.18 Å². The molecule has 0 spiro atoms. The Morgan fingerprint density at radius 2 is 1.71 bits per heavy atom. The van der Waals surface area contributed by atoms with Crippen LogP contribution >= 0.6 is 0 Å². The van der Waals surface area contributed by atoms with Crippen LogP contribution in [0.5, 0.6) is 0 Å². The summed E-state index contributed by atoms with van der Waals surface area (Å²) in [7, 11) is 0. The maximum absolute atomic E-state index is 13.2. The van der Waals surface area contributed by atoms with Gasteiger partial charge in [-0.3, -0.25) is 0 Å². The van der Waals surface area contributed by atoms with Crippen LogP contribution in [0.2, 0.25) is 0 Å². The normalized spacial score (nSPS) is 13.7. The van der Waals surface area contributed by atoms with Crippen molar-refractivity contribution in [2.45, 2.75) is 19.3 Å². The Morgan fingerprint density at radius 3 is 2.54 bits per heavy atom. The molecule has 0 radical (unpaired) electrons. The zero-order chi connectivity index (χ0) is 16.3. The minimum atomic E-state index is -0.267. The molecule has 24 heavy (non-hydrogen) atoms. The highest BCUT2D eigenvalue weighted by molar-refractivity contribution is 6.02. The third-order valence-corrected chi connectivity index (χ3v) is 4.82. The molecule has 0 amide bonds. The van der Waals surface area contributed by atoms with E-state index in [4.69, 9.17) is 8.83 Å². The molecule has 4 aromatic rings. The van der Waals surface area contributed by atoms with Crippen LogP contribution in [0.15, 0.2) is 56.3 Å². The standard InChI is InChI=1S/C20H13FO3/c21-12-6-4-11(5-7-12)17-10-23-18-9-19-15(8-16(17)18)13-2-1-3-14(13)20(22)24-19/h4-10H,1-3H2. The molecule has 2 heterocycles. The highest BCUT2D eigenvalue weighted by Crippen LogP contribution is 2.36. The number of benzene rings is 2. The first-order valence-corrected chi connectivity index (χ1v) is 7.96. The summed E-state index contributed by atoms with van der Waals surface area (Å²) in [5.74, 6) is -0.267. The lowest BCUT2D eigenvalue weighted by molar-refractivity contribution is 0.550. The molecule has 0 bridgehead atoms. The van der Waals surface area contributed by atoms with Gasteiger partial charge in [-0.25, -0.2) is 9.18 Å². The number of fused-ring (bicyclic) bond motifs is 4. The van der Waals surface area contributed by atoms with E-state index in [1.54, 1.807) is 24.5 Å². The van der Waals surface area contributed by atoms with Crippen molar-refractivity contribution in [3.05, 3.63) is 70.0 Å². The van der Waals surface area contributed by atoms with Crippen molar-refractivity contribution in [2.75, 3.05) is 0 Å². The topological polar surface area (TPSA) is 43.4 Å². The van der Waals surface area contributed by atoms with Crippen LogP contribution in [0, 0.1) is 5.82 Å². The third-order valence-electron chi connectivity index (χ3n) is 4.82. The Bertz CT molecular complexity index is 1150. The zero-order valence-electron chi connectivity index (χ0n) is 12.8. The van der Waals surface area contributed by atoms with E-state index in [2.05, 4.69) is 0 Å². The molecule has 1 aliphatic carbocycles. The molecular formula is C20H13FO3. The Kier molecular flexibility index (Phi) is 2.71. The zero-order valence-corrected chi connectivity index (χ0v) is 12.8. The Hall–Kier alpha value is -2.88. The predicted molar refractivity (Wildman–Crippen MR) is 89.7 cm³/mol. The summed E-state index contributed by atoms with van der Waals surface area (Å²) in [4.78, 5) is 12.1. The highest BCUT2D eigenvalue weighted by atomic mass is 19.1. The quantitative estimate of drug-likeness (QED) is 0.472. The lowest BCUT2D eigenvalue weighted by atomic mass is 10.0. The van der Waals surface area contributed by atoms with Crippen molar-refractivity contribution in [1.82, 2.24) is 0 Å². The average Bonchev–Trinajstić information content (AvgIpc) is 3.21. The van der Waals surface area contributed by atoms with Crippen molar-refractivity contribution in [2.24, 2.45) is 0 Å². The number of halogens is 1. The fourth-order valence-corrected chi connectivity index (χ4v) is 3.66. The van der Waals surface area contributed by atoms with Gasteiger partial charge in [0.2, 0.25) is 0 Å². The maximum Gasteiger partial charge on any atom is 0.339 e. The first-order chi connectivity index (χ1) is 11.7. The maximum atomic E-state index is 13.2. The minimum Gasteiger partial charge on any atom is -0.464 e. The van der Waals surface area contributed by atoms with E-state index in [-0.39, 0.29) is 11.4 Å². The fraction of sp³-hybridized carbons (Fsp3) is 0.150. The Morgan fingerprint density at radius 1 is 0.917 bits per heavy atom. The molecule has 4 heteroatoms. The highest BCUT2D eigenvalue weighted by Gasteiger charge is 2.21.